The van der Waals surface area contributed by atoms with Gasteiger partial charge in [-0.3, -0.25) is 9.59 Å². The van der Waals surface area contributed by atoms with Crippen LogP contribution in [0.15, 0.2) is 36.4 Å². The molecule has 3 amide bonds. The minimum absolute atomic E-state index is 0.0479. The van der Waals surface area contributed by atoms with Crippen LogP contribution >= 0.6 is 11.6 Å². The van der Waals surface area contributed by atoms with Crippen molar-refractivity contribution in [2.45, 2.75) is 102 Å². The SMILES string of the molecule is CCOc1cc(OC2CC3C(=O)NC4(C(=O)OC)CC4C=CCCCCCC(NC(=O)OC(C)(C)C)C(=O)N3C2)c2cccc(Cl)c2n1. The highest BCUT2D eigenvalue weighted by Crippen LogP contribution is 2.46. The van der Waals surface area contributed by atoms with Gasteiger partial charge in [0.05, 0.1) is 30.8 Å². The van der Waals surface area contributed by atoms with E-state index in [1.807, 2.05) is 25.1 Å². The molecule has 2 aliphatic heterocycles. The Balaban J connectivity index is 1.48. The molecule has 1 saturated carbocycles. The summed E-state index contributed by atoms with van der Waals surface area (Å²) in [4.78, 5) is 60.3. The smallest absolute Gasteiger partial charge is 0.408 e. The first-order valence-corrected chi connectivity index (χ1v) is 17.0. The molecule has 2 aromatic rings. The number of aromatic nitrogens is 1. The topological polar surface area (TPSA) is 145 Å². The molecule has 48 heavy (non-hydrogen) atoms. The number of halogens is 1. The molecule has 12 nitrogen and oxygen atoms in total. The standard InChI is InChI=1S/C35H45ClN4O8/c1-6-46-28-18-27(23-14-12-15-24(36)29(23)38-28)47-22-17-26-30(41)39-35(32(43)45-5)19-21(35)13-10-8-7-9-11-16-25(31(42)40(26)20-22)37-33(44)48-34(2,3)4/h10,12-15,18,21-22,25-26H,6-9,11,16-17,19-20H2,1-5H3,(H,37,44)(H,39,41). The molecule has 1 saturated heterocycles. The van der Waals surface area contributed by atoms with Gasteiger partial charge in [-0.1, -0.05) is 42.7 Å². The third kappa shape index (κ3) is 7.97. The minimum Gasteiger partial charge on any atom is -0.488 e. The van der Waals surface area contributed by atoms with Gasteiger partial charge in [0.1, 0.15) is 35.1 Å². The van der Waals surface area contributed by atoms with E-state index >= 15 is 0 Å². The normalized spacial score (nSPS) is 26.3. The molecule has 1 aromatic carbocycles. The third-order valence-electron chi connectivity index (χ3n) is 8.79. The quantitative estimate of drug-likeness (QED) is 0.314. The Kier molecular flexibility index (Phi) is 10.7. The maximum absolute atomic E-state index is 14.3. The Morgan fingerprint density at radius 3 is 2.71 bits per heavy atom. The van der Waals surface area contributed by atoms with Gasteiger partial charge in [-0.2, -0.15) is 0 Å². The molecule has 1 aromatic heterocycles. The summed E-state index contributed by atoms with van der Waals surface area (Å²) in [5, 5.41) is 6.77. The van der Waals surface area contributed by atoms with Crippen LogP contribution in [-0.2, 0) is 23.9 Å². The van der Waals surface area contributed by atoms with Crippen LogP contribution in [0, 0.1) is 5.92 Å². The fourth-order valence-corrected chi connectivity index (χ4v) is 6.64. The van der Waals surface area contributed by atoms with Crippen molar-refractivity contribution in [1.82, 2.24) is 20.5 Å². The summed E-state index contributed by atoms with van der Waals surface area (Å²) in [7, 11) is 1.29. The van der Waals surface area contributed by atoms with E-state index in [0.717, 1.165) is 19.3 Å². The Bertz CT molecular complexity index is 1580. The fraction of sp³-hybridized carbons (Fsp3) is 0.571. The van der Waals surface area contributed by atoms with Crippen molar-refractivity contribution in [3.63, 3.8) is 0 Å². The van der Waals surface area contributed by atoms with Crippen LogP contribution in [-0.4, -0.2) is 83.3 Å². The van der Waals surface area contributed by atoms with Crippen LogP contribution in [0.4, 0.5) is 4.79 Å². The molecule has 260 valence electrons. The molecule has 13 heteroatoms. The number of para-hydroxylation sites is 1. The second-order valence-corrected chi connectivity index (χ2v) is 13.9. The van der Waals surface area contributed by atoms with Crippen molar-refractivity contribution in [2.24, 2.45) is 5.92 Å². The first kappa shape index (κ1) is 35.3. The number of fused-ring (bicyclic) bond motifs is 3. The molecule has 2 N–H and O–H groups in total. The average molecular weight is 685 g/mol. The number of carbonyl (C=O) groups excluding carboxylic acids is 4. The maximum Gasteiger partial charge on any atom is 0.408 e. The summed E-state index contributed by atoms with van der Waals surface area (Å²) in [6, 6.07) is 5.07. The number of hydrogen-bond donors (Lipinski definition) is 2. The van der Waals surface area contributed by atoms with Crippen molar-refractivity contribution in [3.05, 3.63) is 41.4 Å². The molecule has 0 radical (unpaired) electrons. The van der Waals surface area contributed by atoms with Gasteiger partial charge >= 0.3 is 12.1 Å². The van der Waals surface area contributed by atoms with E-state index < -0.39 is 53.2 Å². The number of methoxy groups -OCH3 is 1. The zero-order chi connectivity index (χ0) is 34.6. The van der Waals surface area contributed by atoms with Gasteiger partial charge < -0.3 is 34.5 Å². The first-order valence-electron chi connectivity index (χ1n) is 16.6. The summed E-state index contributed by atoms with van der Waals surface area (Å²) in [5.74, 6) is -0.927. The lowest BCUT2D eigenvalue weighted by Crippen LogP contribution is -2.56. The molecule has 3 aliphatic rings. The van der Waals surface area contributed by atoms with Gasteiger partial charge in [0.25, 0.3) is 0 Å². The molecule has 5 atom stereocenters. The number of hydrogen-bond acceptors (Lipinski definition) is 9. The van der Waals surface area contributed by atoms with E-state index in [2.05, 4.69) is 15.6 Å². The molecule has 3 heterocycles. The molecule has 1 aliphatic carbocycles. The van der Waals surface area contributed by atoms with Crippen molar-refractivity contribution < 1.29 is 38.1 Å². The van der Waals surface area contributed by atoms with Gasteiger partial charge in [0, 0.05) is 23.8 Å². The van der Waals surface area contributed by atoms with Crippen LogP contribution in [0.2, 0.25) is 5.02 Å². The van der Waals surface area contributed by atoms with Crippen molar-refractivity contribution in [2.75, 3.05) is 20.3 Å². The lowest BCUT2D eigenvalue weighted by atomic mass is 10.0. The highest BCUT2D eigenvalue weighted by atomic mass is 35.5. The van der Waals surface area contributed by atoms with Crippen molar-refractivity contribution in [3.8, 4) is 11.6 Å². The van der Waals surface area contributed by atoms with Gasteiger partial charge in [0.2, 0.25) is 17.7 Å². The highest BCUT2D eigenvalue weighted by molar-refractivity contribution is 6.35. The number of rotatable bonds is 6. The third-order valence-corrected chi connectivity index (χ3v) is 9.10. The number of esters is 1. The minimum atomic E-state index is -1.21. The maximum atomic E-state index is 14.3. The number of amides is 3. The number of pyridine rings is 1. The van der Waals surface area contributed by atoms with E-state index in [1.165, 1.54) is 12.0 Å². The predicted octanol–water partition coefficient (Wildman–Crippen LogP) is 5.10. The molecule has 2 fully saturated rings. The predicted molar refractivity (Wildman–Crippen MR) is 179 cm³/mol. The molecule has 5 rings (SSSR count). The molecular formula is C35H45ClN4O8. The number of nitrogens with zero attached hydrogens (tertiary/aromatic N) is 2. The second-order valence-electron chi connectivity index (χ2n) is 13.5. The van der Waals surface area contributed by atoms with Crippen LogP contribution in [0.3, 0.4) is 0 Å². The number of allylic oxidation sites excluding steroid dienone is 1. The van der Waals surface area contributed by atoms with Crippen LogP contribution < -0.4 is 20.1 Å². The number of alkyl carbamates (subject to hydrolysis) is 1. The molecular weight excluding hydrogens is 640 g/mol. The number of benzene rings is 1. The number of nitrogens with one attached hydrogen (secondary N) is 2. The summed E-state index contributed by atoms with van der Waals surface area (Å²) >= 11 is 6.48. The van der Waals surface area contributed by atoms with E-state index in [9.17, 15) is 19.2 Å². The summed E-state index contributed by atoms with van der Waals surface area (Å²) in [5.41, 5.74) is -1.49. The highest BCUT2D eigenvalue weighted by Gasteiger charge is 2.62. The molecule has 5 unspecified atom stereocenters. The van der Waals surface area contributed by atoms with Gasteiger partial charge in [-0.25, -0.2) is 14.6 Å². The van der Waals surface area contributed by atoms with E-state index in [-0.39, 0.29) is 18.9 Å². The van der Waals surface area contributed by atoms with Crippen LogP contribution in [0.25, 0.3) is 10.9 Å². The van der Waals surface area contributed by atoms with E-state index in [1.54, 1.807) is 39.0 Å². The van der Waals surface area contributed by atoms with Crippen molar-refractivity contribution >= 4 is 46.4 Å². The Morgan fingerprint density at radius 1 is 1.19 bits per heavy atom. The Hall–Kier alpha value is -4.06. The zero-order valence-corrected chi connectivity index (χ0v) is 28.9. The van der Waals surface area contributed by atoms with Crippen LogP contribution in [0.1, 0.15) is 72.6 Å². The largest absolute Gasteiger partial charge is 0.488 e. The van der Waals surface area contributed by atoms with Crippen LogP contribution in [0.5, 0.6) is 11.6 Å². The lowest BCUT2D eigenvalue weighted by Gasteiger charge is -2.30. The van der Waals surface area contributed by atoms with E-state index in [4.69, 9.17) is 30.5 Å². The fourth-order valence-electron chi connectivity index (χ4n) is 6.42. The second kappa shape index (κ2) is 14.6. The lowest BCUT2D eigenvalue weighted by molar-refractivity contribution is -0.148. The first-order chi connectivity index (χ1) is 22.8. The average Bonchev–Trinajstić information content (AvgIpc) is 3.55. The molecule has 0 spiro atoms. The summed E-state index contributed by atoms with van der Waals surface area (Å²) in [6.07, 6.45) is 6.66. The summed E-state index contributed by atoms with van der Waals surface area (Å²) < 4.78 is 22.8. The Morgan fingerprint density at radius 2 is 1.98 bits per heavy atom. The number of ether oxygens (including phenoxy) is 4. The Labute approximate surface area is 285 Å². The monoisotopic (exact) mass is 684 g/mol. The number of carbonyl (C=O) groups is 4. The van der Waals surface area contributed by atoms with Crippen molar-refractivity contribution in [1.29, 1.82) is 0 Å². The van der Waals surface area contributed by atoms with Gasteiger partial charge in [0.15, 0.2) is 0 Å². The molecule has 0 bridgehead atoms. The van der Waals surface area contributed by atoms with Gasteiger partial charge in [-0.05, 0) is 65.5 Å². The zero-order valence-electron chi connectivity index (χ0n) is 28.2. The van der Waals surface area contributed by atoms with E-state index in [0.29, 0.717) is 53.4 Å². The van der Waals surface area contributed by atoms with Gasteiger partial charge in [-0.15, -0.1) is 0 Å². The summed E-state index contributed by atoms with van der Waals surface area (Å²) in [6.45, 7) is 7.50.